The Kier molecular flexibility index (Phi) is 6.13. The molecular formula is C22H16N4O5S. The predicted molar refractivity (Wildman–Crippen MR) is 121 cm³/mol. The van der Waals surface area contributed by atoms with Gasteiger partial charge in [0.15, 0.2) is 5.17 Å². The Bertz CT molecular complexity index is 1250. The Morgan fingerprint density at radius 3 is 2.75 bits per heavy atom. The maximum absolute atomic E-state index is 13.0. The van der Waals surface area contributed by atoms with Gasteiger partial charge in [-0.15, -0.1) is 5.10 Å². The number of amides is 1. The van der Waals surface area contributed by atoms with Gasteiger partial charge in [0.25, 0.3) is 11.6 Å². The second-order valence-corrected chi connectivity index (χ2v) is 7.63. The number of para-hydroxylation sites is 1. The van der Waals surface area contributed by atoms with Gasteiger partial charge in [0, 0.05) is 17.7 Å². The summed E-state index contributed by atoms with van der Waals surface area (Å²) in [6, 6.07) is 16.1. The molecule has 2 aromatic carbocycles. The number of non-ortho nitro benzene ring substituents is 1. The summed E-state index contributed by atoms with van der Waals surface area (Å²) in [4.78, 5) is 25.3. The Balaban J connectivity index is 1.64. The minimum Gasteiger partial charge on any atom is -0.507 e. The molecule has 10 heteroatoms. The zero-order chi connectivity index (χ0) is 22.5. The molecule has 2 heterocycles. The van der Waals surface area contributed by atoms with E-state index in [4.69, 9.17) is 4.42 Å². The Morgan fingerprint density at radius 1 is 1.16 bits per heavy atom. The molecule has 0 radical (unpaired) electrons. The van der Waals surface area contributed by atoms with Crippen molar-refractivity contribution < 1.29 is 19.2 Å². The number of aromatic hydroxyl groups is 1. The lowest BCUT2D eigenvalue weighted by molar-refractivity contribution is -0.384. The van der Waals surface area contributed by atoms with Crippen LogP contribution in [-0.2, 0) is 11.3 Å². The largest absolute Gasteiger partial charge is 0.507 e. The average Bonchev–Trinajstić information content (AvgIpc) is 3.40. The van der Waals surface area contributed by atoms with Gasteiger partial charge < -0.3 is 9.52 Å². The number of furan rings is 1. The van der Waals surface area contributed by atoms with Crippen LogP contribution >= 0.6 is 11.8 Å². The molecule has 32 heavy (non-hydrogen) atoms. The Hall–Kier alpha value is -4.18. The van der Waals surface area contributed by atoms with Crippen molar-refractivity contribution in [1.29, 1.82) is 0 Å². The van der Waals surface area contributed by atoms with E-state index in [1.54, 1.807) is 48.5 Å². The molecule has 1 N–H and O–H groups in total. The summed E-state index contributed by atoms with van der Waals surface area (Å²) >= 11 is 1.10. The van der Waals surface area contributed by atoms with Gasteiger partial charge in [0.1, 0.15) is 11.5 Å². The number of benzene rings is 2. The molecule has 4 rings (SSSR count). The molecule has 1 saturated heterocycles. The van der Waals surface area contributed by atoms with Gasteiger partial charge in [-0.25, -0.2) is 0 Å². The molecule has 0 aliphatic carbocycles. The highest BCUT2D eigenvalue weighted by Crippen LogP contribution is 2.34. The van der Waals surface area contributed by atoms with Crippen molar-refractivity contribution in [2.75, 3.05) is 0 Å². The van der Waals surface area contributed by atoms with Crippen LogP contribution in [-0.4, -0.2) is 32.2 Å². The van der Waals surface area contributed by atoms with Gasteiger partial charge in [-0.05, 0) is 47.7 Å². The van der Waals surface area contributed by atoms with Crippen molar-refractivity contribution in [2.24, 2.45) is 10.2 Å². The van der Waals surface area contributed by atoms with Crippen LogP contribution in [0.15, 0.2) is 86.5 Å². The minimum atomic E-state index is -0.491. The predicted octanol–water partition coefficient (Wildman–Crippen LogP) is 4.40. The maximum atomic E-state index is 13.0. The highest BCUT2D eigenvalue weighted by Gasteiger charge is 2.34. The third-order valence-electron chi connectivity index (χ3n) is 4.44. The van der Waals surface area contributed by atoms with Crippen LogP contribution in [0.25, 0.3) is 6.08 Å². The van der Waals surface area contributed by atoms with E-state index < -0.39 is 4.92 Å². The molecule has 1 aromatic heterocycles. The molecule has 0 spiro atoms. The number of thioether (sulfide) groups is 1. The number of amidine groups is 1. The van der Waals surface area contributed by atoms with Crippen molar-refractivity contribution in [3.05, 3.63) is 98.8 Å². The van der Waals surface area contributed by atoms with Crippen molar-refractivity contribution in [3.8, 4) is 5.75 Å². The van der Waals surface area contributed by atoms with Crippen molar-refractivity contribution in [1.82, 2.24) is 4.90 Å². The zero-order valence-electron chi connectivity index (χ0n) is 16.5. The number of carbonyl (C=O) groups excluding carboxylic acids is 1. The second kappa shape index (κ2) is 9.31. The maximum Gasteiger partial charge on any atom is 0.270 e. The van der Waals surface area contributed by atoms with Crippen LogP contribution in [0.5, 0.6) is 5.75 Å². The number of rotatable bonds is 6. The Labute approximate surface area is 186 Å². The lowest BCUT2D eigenvalue weighted by atomic mass is 10.2. The first-order valence-electron chi connectivity index (χ1n) is 9.38. The van der Waals surface area contributed by atoms with E-state index in [0.29, 0.717) is 27.0 Å². The van der Waals surface area contributed by atoms with Crippen LogP contribution in [0.1, 0.15) is 16.9 Å². The molecule has 0 unspecified atom stereocenters. The van der Waals surface area contributed by atoms with Crippen LogP contribution in [0.4, 0.5) is 5.69 Å². The molecule has 0 atom stereocenters. The lowest BCUT2D eigenvalue weighted by Gasteiger charge is -2.12. The number of nitrogens with zero attached hydrogens (tertiary/aromatic N) is 4. The quantitative estimate of drug-likeness (QED) is 0.258. The molecule has 9 nitrogen and oxygen atoms in total. The SMILES string of the molecule is O=C1/C(=C/c2cccc([N+](=O)[O-])c2)S/C(=N/N=C\c2ccccc2O)N1Cc1ccco1. The number of nitro groups is 1. The van der Waals surface area contributed by atoms with Crippen LogP contribution in [0.2, 0.25) is 0 Å². The number of hydrogen-bond acceptors (Lipinski definition) is 8. The number of phenols is 1. The van der Waals surface area contributed by atoms with Crippen molar-refractivity contribution >= 4 is 40.8 Å². The molecule has 0 bridgehead atoms. The Morgan fingerprint density at radius 2 is 2.00 bits per heavy atom. The molecule has 3 aromatic rings. The minimum absolute atomic E-state index is 0.0605. The van der Waals surface area contributed by atoms with E-state index in [-0.39, 0.29) is 23.9 Å². The average molecular weight is 448 g/mol. The van der Waals surface area contributed by atoms with Gasteiger partial charge in [-0.3, -0.25) is 19.8 Å². The smallest absolute Gasteiger partial charge is 0.270 e. The number of carbonyl (C=O) groups is 1. The van der Waals surface area contributed by atoms with E-state index >= 15 is 0 Å². The highest BCUT2D eigenvalue weighted by molar-refractivity contribution is 8.18. The fraction of sp³-hybridized carbons (Fsp3) is 0.0455. The monoisotopic (exact) mass is 448 g/mol. The number of nitro benzene ring substituents is 1. The summed E-state index contributed by atoms with van der Waals surface area (Å²) in [5.74, 6) is 0.299. The summed E-state index contributed by atoms with van der Waals surface area (Å²) in [5, 5.41) is 29.4. The summed E-state index contributed by atoms with van der Waals surface area (Å²) in [6.07, 6.45) is 4.47. The highest BCUT2D eigenvalue weighted by atomic mass is 32.2. The molecule has 1 aliphatic heterocycles. The lowest BCUT2D eigenvalue weighted by Crippen LogP contribution is -2.28. The molecule has 160 valence electrons. The van der Waals surface area contributed by atoms with E-state index in [0.717, 1.165) is 11.8 Å². The third kappa shape index (κ3) is 4.76. The number of hydrogen-bond donors (Lipinski definition) is 1. The van der Waals surface area contributed by atoms with E-state index in [1.165, 1.54) is 35.6 Å². The zero-order valence-corrected chi connectivity index (χ0v) is 17.3. The van der Waals surface area contributed by atoms with Crippen LogP contribution < -0.4 is 0 Å². The molecular weight excluding hydrogens is 432 g/mol. The van der Waals surface area contributed by atoms with Crippen LogP contribution in [0, 0.1) is 10.1 Å². The fourth-order valence-corrected chi connectivity index (χ4v) is 3.83. The summed E-state index contributed by atoms with van der Waals surface area (Å²) in [7, 11) is 0. The topological polar surface area (TPSA) is 122 Å². The van der Waals surface area contributed by atoms with Gasteiger partial charge in [0.05, 0.1) is 28.9 Å². The molecule has 1 amide bonds. The van der Waals surface area contributed by atoms with Crippen molar-refractivity contribution in [3.63, 3.8) is 0 Å². The van der Waals surface area contributed by atoms with E-state index in [2.05, 4.69) is 10.2 Å². The first-order valence-corrected chi connectivity index (χ1v) is 10.2. The first-order chi connectivity index (χ1) is 15.5. The number of phenolic OH excluding ortho intramolecular Hbond substituents is 1. The second-order valence-electron chi connectivity index (χ2n) is 6.62. The normalized spacial score (nSPS) is 16.5. The first kappa shape index (κ1) is 21.1. The fourth-order valence-electron chi connectivity index (χ4n) is 2.90. The van der Waals surface area contributed by atoms with Gasteiger partial charge in [-0.1, -0.05) is 24.3 Å². The summed E-state index contributed by atoms with van der Waals surface area (Å²) in [5.41, 5.74) is 0.937. The van der Waals surface area contributed by atoms with E-state index in [9.17, 15) is 20.0 Å². The van der Waals surface area contributed by atoms with Gasteiger partial charge >= 0.3 is 0 Å². The van der Waals surface area contributed by atoms with E-state index in [1.807, 2.05) is 0 Å². The van der Waals surface area contributed by atoms with Gasteiger partial charge in [0.2, 0.25) is 0 Å². The van der Waals surface area contributed by atoms with Crippen LogP contribution in [0.3, 0.4) is 0 Å². The summed E-state index contributed by atoms with van der Waals surface area (Å²) < 4.78 is 5.35. The summed E-state index contributed by atoms with van der Waals surface area (Å²) in [6.45, 7) is 0.149. The molecule has 1 aliphatic rings. The van der Waals surface area contributed by atoms with Gasteiger partial charge in [-0.2, -0.15) is 5.10 Å². The van der Waals surface area contributed by atoms with Crippen molar-refractivity contribution in [2.45, 2.75) is 6.54 Å². The molecule has 0 saturated carbocycles. The molecule has 1 fully saturated rings. The third-order valence-corrected chi connectivity index (χ3v) is 5.43. The standard InChI is InChI=1S/C22H16N4O5S/c27-19-9-2-1-6-16(19)13-23-24-22-25(14-18-8-4-10-31-18)21(28)20(32-22)12-15-5-3-7-17(11-15)26(29)30/h1-13,27H,14H2/b20-12-,23-13-,24-22+.